The van der Waals surface area contributed by atoms with Crippen LogP contribution in [0.5, 0.6) is 0 Å². The smallest absolute Gasteiger partial charge is 0.157 e. The van der Waals surface area contributed by atoms with Crippen LogP contribution in [-0.4, -0.2) is 31.7 Å². The molecule has 0 amide bonds. The highest BCUT2D eigenvalue weighted by atomic mass is 35.5. The molecule has 1 aromatic carbocycles. The van der Waals surface area contributed by atoms with Gasteiger partial charge in [0.2, 0.25) is 0 Å². The molecule has 0 bridgehead atoms. The van der Waals surface area contributed by atoms with Crippen molar-refractivity contribution >= 4 is 29.6 Å². The quantitative estimate of drug-likeness (QED) is 0.521. The molecule has 0 saturated carbocycles. The molecule has 28 heavy (non-hydrogen) atoms. The van der Waals surface area contributed by atoms with Crippen LogP contribution in [0.15, 0.2) is 47.1 Å². The predicted octanol–water partition coefficient (Wildman–Crippen LogP) is 3.96. The lowest BCUT2D eigenvalue weighted by atomic mass is 10.1. The Kier molecular flexibility index (Phi) is 4.60. The van der Waals surface area contributed by atoms with Crippen LogP contribution in [0.25, 0.3) is 11.3 Å². The number of hydrogen-bond donors (Lipinski definition) is 2. The second-order valence-electron chi connectivity index (χ2n) is 6.73. The van der Waals surface area contributed by atoms with Crippen molar-refractivity contribution in [3.63, 3.8) is 0 Å². The number of fused-ring (bicyclic) bond motifs is 1. The van der Waals surface area contributed by atoms with E-state index in [0.29, 0.717) is 17.3 Å². The van der Waals surface area contributed by atoms with Crippen LogP contribution in [0, 0.1) is 19.3 Å². The number of nitrogens with zero attached hydrogens (tertiary/aromatic N) is 5. The molecule has 0 aliphatic carbocycles. The van der Waals surface area contributed by atoms with Gasteiger partial charge < -0.3 is 5.32 Å². The highest BCUT2D eigenvalue weighted by Gasteiger charge is 2.25. The van der Waals surface area contributed by atoms with E-state index < -0.39 is 0 Å². The topological polar surface area (TPSA) is 83.9 Å². The fourth-order valence-corrected chi connectivity index (χ4v) is 3.64. The summed E-state index contributed by atoms with van der Waals surface area (Å²) >= 11 is 6.03. The summed E-state index contributed by atoms with van der Waals surface area (Å²) in [6.45, 7) is 3.90. The normalized spacial score (nSPS) is 15.0. The van der Waals surface area contributed by atoms with Crippen LogP contribution in [0.3, 0.4) is 0 Å². The van der Waals surface area contributed by atoms with E-state index in [0.717, 1.165) is 46.1 Å². The van der Waals surface area contributed by atoms with Gasteiger partial charge in [0.1, 0.15) is 6.34 Å². The first-order chi connectivity index (χ1) is 13.5. The number of rotatable bonds is 3. The summed E-state index contributed by atoms with van der Waals surface area (Å²) in [5.74, 6) is 1.42. The minimum absolute atomic E-state index is 0.589. The zero-order valence-corrected chi connectivity index (χ0v) is 16.6. The van der Waals surface area contributed by atoms with Crippen molar-refractivity contribution in [2.45, 2.75) is 20.3 Å². The molecular weight excluding hydrogens is 374 g/mol. The van der Waals surface area contributed by atoms with Gasteiger partial charge in [-0.2, -0.15) is 10.2 Å². The van der Waals surface area contributed by atoms with Crippen molar-refractivity contribution in [1.29, 1.82) is 5.41 Å². The maximum atomic E-state index is 7.39. The Hall–Kier alpha value is -3.19. The molecule has 1 aliphatic rings. The lowest BCUT2D eigenvalue weighted by Crippen LogP contribution is -2.15. The van der Waals surface area contributed by atoms with E-state index in [4.69, 9.17) is 17.0 Å². The molecule has 0 saturated heterocycles. The fourth-order valence-electron chi connectivity index (χ4n) is 3.51. The zero-order valence-electron chi connectivity index (χ0n) is 15.9. The van der Waals surface area contributed by atoms with E-state index in [-0.39, 0.29) is 0 Å². The molecule has 0 spiro atoms. The first-order valence-corrected chi connectivity index (χ1v) is 9.24. The molecule has 0 unspecified atom stereocenters. The maximum Gasteiger partial charge on any atom is 0.157 e. The van der Waals surface area contributed by atoms with Crippen molar-refractivity contribution in [3.05, 3.63) is 64.1 Å². The summed E-state index contributed by atoms with van der Waals surface area (Å²) in [5, 5.41) is 20.6. The predicted molar refractivity (Wildman–Crippen MR) is 112 cm³/mol. The van der Waals surface area contributed by atoms with Crippen LogP contribution in [0.1, 0.15) is 17.0 Å². The largest absolute Gasteiger partial charge is 0.342 e. The Balaban J connectivity index is 1.70. The number of aryl methyl sites for hydroxylation is 3. The average Bonchev–Trinajstić information content (AvgIpc) is 3.27. The molecule has 8 heteroatoms. The van der Waals surface area contributed by atoms with E-state index in [2.05, 4.69) is 20.5 Å². The van der Waals surface area contributed by atoms with Gasteiger partial charge in [-0.1, -0.05) is 23.7 Å². The molecule has 142 valence electrons. The molecule has 4 rings (SSSR count). The van der Waals surface area contributed by atoms with Crippen LogP contribution < -0.4 is 5.32 Å². The SMILES string of the molecule is Cc1cc(C)n(C(/C=C2\Cc3c(nn(C)c3-c3ccc(Cl)cc3)N2)=N/C=N)n1. The molecule has 0 atom stereocenters. The van der Waals surface area contributed by atoms with Crippen molar-refractivity contribution in [2.24, 2.45) is 12.0 Å². The van der Waals surface area contributed by atoms with Crippen molar-refractivity contribution < 1.29 is 0 Å². The Morgan fingerprint density at radius 2 is 2.00 bits per heavy atom. The third-order valence-electron chi connectivity index (χ3n) is 4.64. The summed E-state index contributed by atoms with van der Waals surface area (Å²) in [4.78, 5) is 4.19. The number of aromatic nitrogens is 4. The van der Waals surface area contributed by atoms with E-state index in [1.54, 1.807) is 4.68 Å². The lowest BCUT2D eigenvalue weighted by molar-refractivity contribution is 0.776. The van der Waals surface area contributed by atoms with E-state index in [9.17, 15) is 0 Å². The standard InChI is InChI=1S/C20H20ClN7/c1-12-8-13(2)28(25-12)18(23-11-22)10-16-9-17-19(27(3)26-20(17)24-16)14-4-6-15(21)7-5-14/h4-8,10-11,22H,9H2,1-3H3,(H,24,26)/b16-10+,22-11?,23-18+. The molecule has 0 radical (unpaired) electrons. The highest BCUT2D eigenvalue weighted by molar-refractivity contribution is 6.30. The molecule has 2 N–H and O–H groups in total. The Morgan fingerprint density at radius 3 is 2.64 bits per heavy atom. The Bertz CT molecular complexity index is 1120. The van der Waals surface area contributed by atoms with E-state index >= 15 is 0 Å². The summed E-state index contributed by atoms with van der Waals surface area (Å²) in [6, 6.07) is 9.74. The molecule has 1 aliphatic heterocycles. The number of allylic oxidation sites excluding steroid dienone is 2. The number of nitrogens with one attached hydrogen (secondary N) is 2. The monoisotopic (exact) mass is 393 g/mol. The third kappa shape index (κ3) is 3.25. The van der Waals surface area contributed by atoms with Crippen LogP contribution in [0.4, 0.5) is 5.82 Å². The minimum atomic E-state index is 0.589. The average molecular weight is 394 g/mol. The first kappa shape index (κ1) is 18.2. The second-order valence-corrected chi connectivity index (χ2v) is 7.17. The van der Waals surface area contributed by atoms with Gasteiger partial charge in [-0.05, 0) is 32.0 Å². The van der Waals surface area contributed by atoms with Crippen LogP contribution >= 0.6 is 11.6 Å². The molecule has 7 nitrogen and oxygen atoms in total. The number of hydrogen-bond acceptors (Lipinski definition) is 4. The molecule has 3 heterocycles. The van der Waals surface area contributed by atoms with Gasteiger partial charge in [0.25, 0.3) is 0 Å². The summed E-state index contributed by atoms with van der Waals surface area (Å²) in [5.41, 5.74) is 6.07. The Labute approximate surface area is 167 Å². The van der Waals surface area contributed by atoms with Gasteiger partial charge in [-0.25, -0.2) is 9.67 Å². The van der Waals surface area contributed by atoms with Gasteiger partial charge in [-0.15, -0.1) is 0 Å². The molecule has 2 aromatic heterocycles. The summed E-state index contributed by atoms with van der Waals surface area (Å²) < 4.78 is 3.62. The lowest BCUT2D eigenvalue weighted by Gasteiger charge is -2.07. The van der Waals surface area contributed by atoms with Gasteiger partial charge in [0, 0.05) is 47.1 Å². The van der Waals surface area contributed by atoms with Crippen LogP contribution in [0.2, 0.25) is 5.02 Å². The molecule has 0 fully saturated rings. The third-order valence-corrected chi connectivity index (χ3v) is 4.89. The van der Waals surface area contributed by atoms with E-state index in [1.807, 2.05) is 62.0 Å². The number of anilines is 1. The number of halogens is 1. The van der Waals surface area contributed by atoms with E-state index in [1.165, 1.54) is 0 Å². The number of benzene rings is 1. The van der Waals surface area contributed by atoms with Gasteiger partial charge >= 0.3 is 0 Å². The highest BCUT2D eigenvalue weighted by Crippen LogP contribution is 2.36. The van der Waals surface area contributed by atoms with Crippen LogP contribution in [-0.2, 0) is 13.5 Å². The zero-order chi connectivity index (χ0) is 19.8. The second kappa shape index (κ2) is 7.09. The number of aliphatic imine (C=N–C) groups is 1. The van der Waals surface area contributed by atoms with Gasteiger partial charge in [0.05, 0.1) is 11.4 Å². The fraction of sp³-hybridized carbons (Fsp3) is 0.200. The Morgan fingerprint density at radius 1 is 1.25 bits per heavy atom. The summed E-state index contributed by atoms with van der Waals surface area (Å²) in [6.07, 6.45) is 3.64. The van der Waals surface area contributed by atoms with Gasteiger partial charge in [-0.3, -0.25) is 10.1 Å². The van der Waals surface area contributed by atoms with Gasteiger partial charge in [0.15, 0.2) is 11.7 Å². The van der Waals surface area contributed by atoms with Crippen molar-refractivity contribution in [3.8, 4) is 11.3 Å². The minimum Gasteiger partial charge on any atom is -0.342 e. The molecular formula is C20H20ClN7. The summed E-state index contributed by atoms with van der Waals surface area (Å²) in [7, 11) is 1.94. The maximum absolute atomic E-state index is 7.39. The first-order valence-electron chi connectivity index (χ1n) is 8.86. The molecule has 3 aromatic rings. The van der Waals surface area contributed by atoms with Crippen molar-refractivity contribution in [2.75, 3.05) is 5.32 Å². The van der Waals surface area contributed by atoms with Crippen molar-refractivity contribution in [1.82, 2.24) is 19.6 Å².